The predicted molar refractivity (Wildman–Crippen MR) is 97.2 cm³/mol. The number of rotatable bonds is 16. The summed E-state index contributed by atoms with van der Waals surface area (Å²) in [6, 6.07) is 0. The second kappa shape index (κ2) is 20.1. The van der Waals surface area contributed by atoms with Crippen molar-refractivity contribution in [3.63, 3.8) is 0 Å². The van der Waals surface area contributed by atoms with Gasteiger partial charge in [0.1, 0.15) is 0 Å². The fourth-order valence-electron chi connectivity index (χ4n) is 2.56. The Morgan fingerprint density at radius 2 is 1.37 bits per heavy atom. The maximum Gasteiger partial charge on any atom is 1.00 e. The molecule has 0 saturated heterocycles. The van der Waals surface area contributed by atoms with E-state index in [9.17, 15) is 18.0 Å². The minimum atomic E-state index is -4.43. The molecule has 0 aromatic carbocycles. The molecule has 0 aliphatic heterocycles. The molecule has 0 rings (SSSR count). The molecular weight excluding hydrogens is 394 g/mol. The van der Waals surface area contributed by atoms with Crippen molar-refractivity contribution in [2.24, 2.45) is 5.92 Å². The normalized spacial score (nSPS) is 11.8. The molecule has 1 atom stereocenters. The van der Waals surface area contributed by atoms with E-state index >= 15 is 0 Å². The topological polar surface area (TPSA) is 118 Å². The van der Waals surface area contributed by atoms with Crippen molar-refractivity contribution >= 4 is 22.1 Å². The second-order valence-corrected chi connectivity index (χ2v) is 7.89. The van der Waals surface area contributed by atoms with E-state index in [4.69, 9.17) is 14.4 Å². The number of carboxylic acid groups (broad SMARTS) is 1. The fourth-order valence-corrected chi connectivity index (χ4v) is 3.32. The molecule has 0 aliphatic carbocycles. The quantitative estimate of drug-likeness (QED) is 0.122. The van der Waals surface area contributed by atoms with Gasteiger partial charge in [-0.25, -0.2) is 0 Å². The van der Waals surface area contributed by atoms with Crippen LogP contribution in [0.5, 0.6) is 0 Å². The summed E-state index contributed by atoms with van der Waals surface area (Å²) in [5.41, 5.74) is 0. The van der Waals surface area contributed by atoms with Crippen molar-refractivity contribution in [1.82, 2.24) is 0 Å². The van der Waals surface area contributed by atoms with E-state index in [0.717, 1.165) is 19.3 Å². The summed E-state index contributed by atoms with van der Waals surface area (Å²) in [6.07, 6.45) is 10.7. The van der Waals surface area contributed by atoms with Gasteiger partial charge in [-0.15, -0.1) is 0 Å². The molecule has 27 heavy (non-hydrogen) atoms. The number of unbranched alkanes of at least 4 members (excludes halogenated alkanes) is 9. The van der Waals surface area contributed by atoms with E-state index in [-0.39, 0.29) is 68.6 Å². The maximum absolute atomic E-state index is 11.8. The van der Waals surface area contributed by atoms with Crippen molar-refractivity contribution < 1.29 is 94.4 Å². The van der Waals surface area contributed by atoms with Crippen LogP contribution in [0.25, 0.3) is 0 Å². The van der Waals surface area contributed by atoms with Crippen LogP contribution >= 0.6 is 0 Å². The van der Waals surface area contributed by atoms with E-state index in [1.807, 2.05) is 0 Å². The summed E-state index contributed by atoms with van der Waals surface area (Å²) in [4.78, 5) is 22.4. The maximum atomic E-state index is 11.8. The minimum Gasteiger partial charge on any atom is -1.00 e. The largest absolute Gasteiger partial charge is 1.00 e. The van der Waals surface area contributed by atoms with Gasteiger partial charge in [0.25, 0.3) is 10.1 Å². The molecule has 0 fully saturated rings. The van der Waals surface area contributed by atoms with Gasteiger partial charge in [0.2, 0.25) is 0 Å². The zero-order valence-corrected chi connectivity index (χ0v) is 21.9. The summed E-state index contributed by atoms with van der Waals surface area (Å²) >= 11 is 0. The van der Waals surface area contributed by atoms with Gasteiger partial charge in [0.15, 0.2) is 0 Å². The van der Waals surface area contributed by atoms with Gasteiger partial charge in [-0.05, 0) is 6.42 Å². The summed E-state index contributed by atoms with van der Waals surface area (Å²) in [7, 11) is -4.43. The Morgan fingerprint density at radius 3 is 1.78 bits per heavy atom. The number of carbonyl (C=O) groups excluding carboxylic acids is 1. The van der Waals surface area contributed by atoms with E-state index in [1.165, 1.54) is 38.5 Å². The van der Waals surface area contributed by atoms with Gasteiger partial charge in [-0.1, -0.05) is 64.7 Å². The van der Waals surface area contributed by atoms with Crippen molar-refractivity contribution in [3.8, 4) is 0 Å². The molecule has 0 aliphatic rings. The zero-order chi connectivity index (χ0) is 19.1. The standard InChI is InChI=1S/C17H32O7S.2Na.2H/c1-2-3-4-5-6-7-8-9-10-11-12-24-17(20)15(13-16(18)19)14-25(21,22)23;;;;/h15H,2-14H2,1H3,(H,18,19)(H,21,22,23);;;;/q;2*+1;2*-1. The summed E-state index contributed by atoms with van der Waals surface area (Å²) in [5.74, 6) is -4.52. The van der Waals surface area contributed by atoms with Gasteiger partial charge in [0, 0.05) is 0 Å². The average molecular weight is 428 g/mol. The van der Waals surface area contributed by atoms with Gasteiger partial charge < -0.3 is 12.7 Å². The van der Waals surface area contributed by atoms with Crippen LogP contribution in [0.15, 0.2) is 0 Å². The Labute approximate surface area is 210 Å². The number of ether oxygens (including phenoxy) is 1. The summed E-state index contributed by atoms with van der Waals surface area (Å²) in [6.45, 7) is 2.33. The SMILES string of the molecule is CCCCCCCCCCCCOC(=O)C(CC(=O)O)CS(=O)(=O)O.[H-].[H-].[Na+].[Na+]. The summed E-state index contributed by atoms with van der Waals surface area (Å²) < 4.78 is 35.4. The molecule has 0 spiro atoms. The van der Waals surface area contributed by atoms with Crippen molar-refractivity contribution in [2.45, 2.75) is 77.6 Å². The molecular formula is C17H34Na2O7S. The van der Waals surface area contributed by atoms with E-state index in [0.29, 0.717) is 6.42 Å². The van der Waals surface area contributed by atoms with Gasteiger partial charge >= 0.3 is 71.1 Å². The van der Waals surface area contributed by atoms with Crippen LogP contribution in [-0.2, 0) is 24.4 Å². The monoisotopic (exact) mass is 428 g/mol. The first-order chi connectivity index (χ1) is 11.8. The second-order valence-electron chi connectivity index (χ2n) is 6.39. The molecule has 1 unspecified atom stereocenters. The first kappa shape index (κ1) is 32.5. The van der Waals surface area contributed by atoms with Gasteiger partial charge in [0.05, 0.1) is 24.7 Å². The van der Waals surface area contributed by atoms with Crippen LogP contribution in [0.4, 0.5) is 0 Å². The van der Waals surface area contributed by atoms with E-state index < -0.39 is 40.1 Å². The molecule has 0 bridgehead atoms. The van der Waals surface area contributed by atoms with Crippen LogP contribution in [0.1, 0.15) is 80.4 Å². The molecule has 10 heteroatoms. The number of hydrogen-bond donors (Lipinski definition) is 2. The Kier molecular flexibility index (Phi) is 24.2. The number of hydrogen-bond acceptors (Lipinski definition) is 5. The first-order valence-corrected chi connectivity index (χ1v) is 10.7. The van der Waals surface area contributed by atoms with Crippen LogP contribution < -0.4 is 59.1 Å². The number of carbonyl (C=O) groups is 2. The van der Waals surface area contributed by atoms with Crippen LogP contribution in [-0.4, -0.2) is 42.4 Å². The van der Waals surface area contributed by atoms with Gasteiger partial charge in [-0.2, -0.15) is 8.42 Å². The smallest absolute Gasteiger partial charge is 1.00 e. The summed E-state index contributed by atoms with van der Waals surface area (Å²) in [5, 5.41) is 8.71. The number of carboxylic acids is 1. The molecule has 0 radical (unpaired) electrons. The third-order valence-electron chi connectivity index (χ3n) is 3.91. The van der Waals surface area contributed by atoms with Gasteiger partial charge in [-0.3, -0.25) is 14.1 Å². The van der Waals surface area contributed by atoms with E-state index in [1.54, 1.807) is 0 Å². The van der Waals surface area contributed by atoms with Crippen LogP contribution in [0, 0.1) is 5.92 Å². The average Bonchev–Trinajstić information content (AvgIpc) is 2.50. The van der Waals surface area contributed by atoms with Crippen molar-refractivity contribution in [2.75, 3.05) is 12.4 Å². The molecule has 0 aromatic heterocycles. The molecule has 0 heterocycles. The predicted octanol–water partition coefficient (Wildman–Crippen LogP) is -2.34. The number of esters is 1. The third kappa shape index (κ3) is 23.0. The number of aliphatic carboxylic acids is 1. The van der Waals surface area contributed by atoms with Crippen LogP contribution in [0.3, 0.4) is 0 Å². The molecule has 152 valence electrons. The first-order valence-electron chi connectivity index (χ1n) is 9.10. The fraction of sp³-hybridized carbons (Fsp3) is 0.882. The zero-order valence-electron chi connectivity index (χ0n) is 19.1. The Bertz CT molecular complexity index is 494. The minimum absolute atomic E-state index is 0. The Hall–Kier alpha value is 0.850. The third-order valence-corrected chi connectivity index (χ3v) is 4.73. The van der Waals surface area contributed by atoms with E-state index in [2.05, 4.69) is 6.92 Å². The molecule has 0 saturated carbocycles. The molecule has 7 nitrogen and oxygen atoms in total. The molecule has 0 aromatic rings. The van der Waals surface area contributed by atoms with Crippen molar-refractivity contribution in [3.05, 3.63) is 0 Å². The molecule has 0 amide bonds. The van der Waals surface area contributed by atoms with Crippen LogP contribution in [0.2, 0.25) is 0 Å². The van der Waals surface area contributed by atoms with Crippen molar-refractivity contribution in [1.29, 1.82) is 0 Å². The Balaban J connectivity index is -0.000000480. The Morgan fingerprint density at radius 1 is 0.926 bits per heavy atom. The molecule has 2 N–H and O–H groups in total.